The molecule has 0 bridgehead atoms. The number of aryl methyl sites for hydroxylation is 1. The number of aromatic carboxylic acids is 1. The van der Waals surface area contributed by atoms with Crippen molar-refractivity contribution in [2.45, 2.75) is 20.0 Å². The third-order valence-corrected chi connectivity index (χ3v) is 5.04. The van der Waals surface area contributed by atoms with Gasteiger partial charge in [0.15, 0.2) is 5.65 Å². The van der Waals surface area contributed by atoms with Gasteiger partial charge in [-0.1, -0.05) is 24.3 Å². The lowest BCUT2D eigenvalue weighted by molar-refractivity contribution is 0.0697. The SMILES string of the molecule is Cc1cccc(C(O)c2ccc(C(=O)O)c(-c3cc4ncccn4n3)c2)c1C. The Morgan fingerprint density at radius 2 is 1.93 bits per heavy atom. The molecule has 2 heterocycles. The van der Waals surface area contributed by atoms with Gasteiger partial charge in [-0.05, 0) is 54.3 Å². The van der Waals surface area contributed by atoms with Crippen LogP contribution < -0.4 is 0 Å². The molecule has 0 fully saturated rings. The molecule has 140 valence electrons. The molecule has 0 aliphatic carbocycles. The van der Waals surface area contributed by atoms with Crippen molar-refractivity contribution in [2.75, 3.05) is 0 Å². The largest absolute Gasteiger partial charge is 0.478 e. The van der Waals surface area contributed by atoms with E-state index in [0.29, 0.717) is 22.5 Å². The zero-order valence-corrected chi connectivity index (χ0v) is 15.5. The zero-order valence-electron chi connectivity index (χ0n) is 15.5. The summed E-state index contributed by atoms with van der Waals surface area (Å²) < 4.78 is 1.59. The van der Waals surface area contributed by atoms with Crippen LogP contribution in [0.5, 0.6) is 0 Å². The van der Waals surface area contributed by atoms with E-state index < -0.39 is 12.1 Å². The molecule has 1 unspecified atom stereocenters. The molecule has 0 spiro atoms. The highest BCUT2D eigenvalue weighted by Gasteiger charge is 2.20. The normalized spacial score (nSPS) is 12.2. The number of carboxylic acid groups (broad SMARTS) is 1. The summed E-state index contributed by atoms with van der Waals surface area (Å²) in [6.45, 7) is 3.96. The predicted molar refractivity (Wildman–Crippen MR) is 105 cm³/mol. The van der Waals surface area contributed by atoms with Gasteiger partial charge in [-0.25, -0.2) is 14.3 Å². The fourth-order valence-electron chi connectivity index (χ4n) is 3.34. The molecule has 4 rings (SSSR count). The molecular formula is C22H19N3O3. The lowest BCUT2D eigenvalue weighted by atomic mass is 9.92. The monoisotopic (exact) mass is 373 g/mol. The molecule has 0 amide bonds. The van der Waals surface area contributed by atoms with E-state index in [1.54, 1.807) is 41.2 Å². The van der Waals surface area contributed by atoms with Gasteiger partial charge in [0.25, 0.3) is 0 Å². The maximum Gasteiger partial charge on any atom is 0.336 e. The molecule has 0 saturated carbocycles. The van der Waals surface area contributed by atoms with Crippen molar-refractivity contribution in [1.29, 1.82) is 0 Å². The van der Waals surface area contributed by atoms with E-state index in [0.717, 1.165) is 16.7 Å². The Morgan fingerprint density at radius 3 is 2.68 bits per heavy atom. The molecule has 2 N–H and O–H groups in total. The highest BCUT2D eigenvalue weighted by Crippen LogP contribution is 2.31. The number of hydrogen-bond donors (Lipinski definition) is 2. The van der Waals surface area contributed by atoms with Crippen molar-refractivity contribution < 1.29 is 15.0 Å². The molecule has 0 aliphatic rings. The fourth-order valence-corrected chi connectivity index (χ4v) is 3.34. The van der Waals surface area contributed by atoms with Crippen molar-refractivity contribution in [3.8, 4) is 11.3 Å². The summed E-state index contributed by atoms with van der Waals surface area (Å²) in [4.78, 5) is 16.0. The molecule has 4 aromatic rings. The predicted octanol–water partition coefficient (Wildman–Crippen LogP) is 3.79. The van der Waals surface area contributed by atoms with Crippen molar-refractivity contribution in [1.82, 2.24) is 14.6 Å². The van der Waals surface area contributed by atoms with E-state index in [-0.39, 0.29) is 5.56 Å². The van der Waals surface area contributed by atoms with Crippen LogP contribution in [-0.2, 0) is 0 Å². The second kappa shape index (κ2) is 6.90. The minimum atomic E-state index is -1.05. The summed E-state index contributed by atoms with van der Waals surface area (Å²) in [6, 6.07) is 14.1. The van der Waals surface area contributed by atoms with Crippen molar-refractivity contribution in [3.63, 3.8) is 0 Å². The summed E-state index contributed by atoms with van der Waals surface area (Å²) in [5.41, 5.74) is 5.19. The Labute approximate surface area is 161 Å². The summed E-state index contributed by atoms with van der Waals surface area (Å²) in [6.07, 6.45) is 2.54. The third kappa shape index (κ3) is 3.04. The smallest absolute Gasteiger partial charge is 0.336 e. The van der Waals surface area contributed by atoms with Gasteiger partial charge in [0, 0.05) is 24.0 Å². The molecule has 1 atom stereocenters. The van der Waals surface area contributed by atoms with Gasteiger partial charge in [0.1, 0.15) is 6.10 Å². The Bertz CT molecular complexity index is 1160. The Balaban J connectivity index is 1.86. The van der Waals surface area contributed by atoms with Gasteiger partial charge in [0.05, 0.1) is 11.3 Å². The summed E-state index contributed by atoms with van der Waals surface area (Å²) in [7, 11) is 0. The van der Waals surface area contributed by atoms with Crippen LogP contribution in [0, 0.1) is 13.8 Å². The first-order valence-corrected chi connectivity index (χ1v) is 8.88. The Hall–Kier alpha value is -3.51. The van der Waals surface area contributed by atoms with E-state index in [1.165, 1.54) is 6.07 Å². The van der Waals surface area contributed by atoms with Gasteiger partial charge in [-0.2, -0.15) is 5.10 Å². The number of carbonyl (C=O) groups is 1. The van der Waals surface area contributed by atoms with Crippen molar-refractivity contribution >= 4 is 11.6 Å². The van der Waals surface area contributed by atoms with E-state index in [9.17, 15) is 15.0 Å². The molecule has 2 aromatic carbocycles. The van der Waals surface area contributed by atoms with Crippen LogP contribution in [0.15, 0.2) is 60.9 Å². The second-order valence-electron chi connectivity index (χ2n) is 6.75. The van der Waals surface area contributed by atoms with Gasteiger partial charge in [-0.15, -0.1) is 0 Å². The quantitative estimate of drug-likeness (QED) is 0.568. The first kappa shape index (κ1) is 17.9. The van der Waals surface area contributed by atoms with Crippen LogP contribution in [0.25, 0.3) is 16.9 Å². The Kier molecular flexibility index (Phi) is 4.41. The van der Waals surface area contributed by atoms with Crippen LogP contribution in [0.2, 0.25) is 0 Å². The highest BCUT2D eigenvalue weighted by atomic mass is 16.4. The fraction of sp³-hybridized carbons (Fsp3) is 0.136. The Morgan fingerprint density at radius 1 is 1.11 bits per heavy atom. The van der Waals surface area contributed by atoms with Gasteiger partial charge >= 0.3 is 5.97 Å². The number of nitrogens with zero attached hydrogens (tertiary/aromatic N) is 3. The molecule has 0 saturated heterocycles. The van der Waals surface area contributed by atoms with Crippen LogP contribution in [0.4, 0.5) is 0 Å². The summed E-state index contributed by atoms with van der Waals surface area (Å²) in [5, 5.41) is 25.0. The first-order valence-electron chi connectivity index (χ1n) is 8.88. The van der Waals surface area contributed by atoms with Crippen LogP contribution >= 0.6 is 0 Å². The second-order valence-corrected chi connectivity index (χ2v) is 6.75. The van der Waals surface area contributed by atoms with E-state index in [1.807, 2.05) is 32.0 Å². The molecular weight excluding hydrogens is 354 g/mol. The standard InChI is InChI=1S/C22H19N3O3/c1-13-5-3-6-16(14(13)2)21(26)15-7-8-17(22(27)28)18(11-15)19-12-20-23-9-4-10-25(20)24-19/h3-12,21,26H,1-2H3,(H,27,28). The molecule has 6 heteroatoms. The molecule has 6 nitrogen and oxygen atoms in total. The van der Waals surface area contributed by atoms with E-state index >= 15 is 0 Å². The first-order chi connectivity index (χ1) is 13.5. The van der Waals surface area contributed by atoms with Crippen LogP contribution in [0.1, 0.15) is 38.7 Å². The van der Waals surface area contributed by atoms with Gasteiger partial charge < -0.3 is 10.2 Å². The van der Waals surface area contributed by atoms with Crippen molar-refractivity contribution in [3.05, 3.63) is 88.7 Å². The number of hydrogen-bond acceptors (Lipinski definition) is 4. The molecule has 2 aromatic heterocycles. The summed E-state index contributed by atoms with van der Waals surface area (Å²) >= 11 is 0. The number of aliphatic hydroxyl groups is 1. The topological polar surface area (TPSA) is 87.7 Å². The van der Waals surface area contributed by atoms with Gasteiger partial charge in [0.2, 0.25) is 0 Å². The maximum absolute atomic E-state index is 11.7. The maximum atomic E-state index is 11.7. The minimum absolute atomic E-state index is 0.125. The van der Waals surface area contributed by atoms with Crippen LogP contribution in [-0.4, -0.2) is 30.8 Å². The molecule has 0 aliphatic heterocycles. The van der Waals surface area contributed by atoms with Crippen LogP contribution in [0.3, 0.4) is 0 Å². The van der Waals surface area contributed by atoms with E-state index in [4.69, 9.17) is 0 Å². The number of fused-ring (bicyclic) bond motifs is 1. The number of benzene rings is 2. The average molecular weight is 373 g/mol. The average Bonchev–Trinajstić information content (AvgIpc) is 3.13. The molecule has 0 radical (unpaired) electrons. The zero-order chi connectivity index (χ0) is 19.8. The highest BCUT2D eigenvalue weighted by molar-refractivity contribution is 5.96. The number of rotatable bonds is 4. The lowest BCUT2D eigenvalue weighted by Gasteiger charge is -2.17. The van der Waals surface area contributed by atoms with E-state index in [2.05, 4.69) is 10.1 Å². The lowest BCUT2D eigenvalue weighted by Crippen LogP contribution is -2.06. The third-order valence-electron chi connectivity index (χ3n) is 5.04. The summed E-state index contributed by atoms with van der Waals surface area (Å²) in [5.74, 6) is -1.05. The number of aliphatic hydroxyl groups excluding tert-OH is 1. The number of aromatic nitrogens is 3. The number of carboxylic acids is 1. The van der Waals surface area contributed by atoms with Gasteiger partial charge in [-0.3, -0.25) is 0 Å². The minimum Gasteiger partial charge on any atom is -0.478 e. The molecule has 28 heavy (non-hydrogen) atoms. The van der Waals surface area contributed by atoms with Crippen molar-refractivity contribution in [2.24, 2.45) is 0 Å².